The van der Waals surface area contributed by atoms with Crippen LogP contribution in [0.25, 0.3) is 0 Å². The third-order valence-electron chi connectivity index (χ3n) is 3.15. The minimum absolute atomic E-state index is 0.0818. The van der Waals surface area contributed by atoms with Crippen LogP contribution in [0.15, 0.2) is 29.2 Å². The van der Waals surface area contributed by atoms with E-state index < -0.39 is 10.0 Å². The maximum atomic E-state index is 11.5. The lowest BCUT2D eigenvalue weighted by molar-refractivity contribution is 0.227. The molecule has 0 heterocycles. The lowest BCUT2D eigenvalue weighted by Crippen LogP contribution is -2.20. The molecular weight excluding hydrogens is 238 g/mol. The van der Waals surface area contributed by atoms with Crippen LogP contribution in [0.4, 0.5) is 0 Å². The number of aliphatic hydroxyl groups is 1. The lowest BCUT2D eigenvalue weighted by atomic mass is 9.86. The zero-order chi connectivity index (χ0) is 13.1. The molecule has 96 valence electrons. The summed E-state index contributed by atoms with van der Waals surface area (Å²) in [4.78, 5) is 0.111. The van der Waals surface area contributed by atoms with E-state index in [2.05, 4.69) is 0 Å². The third-order valence-corrected chi connectivity index (χ3v) is 4.14. The Labute approximate surface area is 103 Å². The van der Waals surface area contributed by atoms with Crippen molar-refractivity contribution in [2.45, 2.75) is 31.1 Å². The van der Waals surface area contributed by atoms with Crippen molar-refractivity contribution in [2.75, 3.05) is 6.61 Å². The first-order valence-corrected chi connectivity index (χ1v) is 7.19. The predicted molar refractivity (Wildman–Crippen MR) is 67.1 cm³/mol. The Hall–Kier alpha value is -0.910. The number of rotatable bonds is 5. The van der Waals surface area contributed by atoms with Crippen molar-refractivity contribution in [2.24, 2.45) is 11.1 Å². The Balaban J connectivity index is 3.30. The molecule has 0 aromatic heterocycles. The Morgan fingerprint density at radius 3 is 2.41 bits per heavy atom. The summed E-state index contributed by atoms with van der Waals surface area (Å²) in [6.45, 7) is 3.91. The highest BCUT2D eigenvalue weighted by atomic mass is 32.2. The van der Waals surface area contributed by atoms with E-state index in [1.807, 2.05) is 13.8 Å². The van der Waals surface area contributed by atoms with E-state index in [0.717, 1.165) is 6.42 Å². The molecule has 0 aliphatic carbocycles. The molecule has 17 heavy (non-hydrogen) atoms. The highest BCUT2D eigenvalue weighted by Gasteiger charge is 2.23. The molecule has 1 aromatic carbocycles. The van der Waals surface area contributed by atoms with E-state index in [1.54, 1.807) is 18.2 Å². The quantitative estimate of drug-likeness (QED) is 0.838. The van der Waals surface area contributed by atoms with Gasteiger partial charge in [0, 0.05) is 5.92 Å². The van der Waals surface area contributed by atoms with Crippen LogP contribution in [0, 0.1) is 5.92 Å². The molecule has 1 aromatic rings. The standard InChI is InChI=1S/C12H19NO3S/c1-3-9(2)11(8-14)10-6-4-5-7-12(10)17(13,15)16/h4-7,9,11,14H,3,8H2,1-2H3,(H2,13,15,16). The van der Waals surface area contributed by atoms with Gasteiger partial charge in [0.15, 0.2) is 0 Å². The van der Waals surface area contributed by atoms with Crippen LogP contribution in [0.3, 0.4) is 0 Å². The summed E-state index contributed by atoms with van der Waals surface area (Å²) in [5.74, 6) is -0.00238. The average Bonchev–Trinajstić information content (AvgIpc) is 2.29. The van der Waals surface area contributed by atoms with Crippen molar-refractivity contribution < 1.29 is 13.5 Å². The second-order valence-corrected chi connectivity index (χ2v) is 5.79. The Bertz CT molecular complexity index is 470. The number of aliphatic hydroxyl groups excluding tert-OH is 1. The molecule has 0 spiro atoms. The largest absolute Gasteiger partial charge is 0.396 e. The predicted octanol–water partition coefficient (Wildman–Crippen LogP) is 1.46. The number of nitrogens with two attached hydrogens (primary N) is 1. The van der Waals surface area contributed by atoms with Gasteiger partial charge in [-0.3, -0.25) is 0 Å². The van der Waals surface area contributed by atoms with Gasteiger partial charge in [0.05, 0.1) is 11.5 Å². The molecule has 5 heteroatoms. The van der Waals surface area contributed by atoms with Crippen LogP contribution >= 0.6 is 0 Å². The number of hydrogen-bond acceptors (Lipinski definition) is 3. The van der Waals surface area contributed by atoms with Gasteiger partial charge in [-0.15, -0.1) is 0 Å². The summed E-state index contributed by atoms with van der Waals surface area (Å²) in [6, 6.07) is 6.59. The van der Waals surface area contributed by atoms with Gasteiger partial charge in [-0.2, -0.15) is 0 Å². The van der Waals surface area contributed by atoms with E-state index in [9.17, 15) is 13.5 Å². The van der Waals surface area contributed by atoms with Crippen molar-refractivity contribution in [3.05, 3.63) is 29.8 Å². The normalized spacial score (nSPS) is 15.5. The summed E-state index contributed by atoms with van der Waals surface area (Å²) < 4.78 is 23.0. The third kappa shape index (κ3) is 3.28. The summed E-state index contributed by atoms with van der Waals surface area (Å²) in [5, 5.41) is 14.6. The van der Waals surface area contributed by atoms with E-state index in [1.165, 1.54) is 6.07 Å². The zero-order valence-corrected chi connectivity index (χ0v) is 10.9. The summed E-state index contributed by atoms with van der Waals surface area (Å²) in [7, 11) is -3.74. The fraction of sp³-hybridized carbons (Fsp3) is 0.500. The highest BCUT2D eigenvalue weighted by molar-refractivity contribution is 7.89. The maximum Gasteiger partial charge on any atom is 0.238 e. The molecule has 0 saturated heterocycles. The fourth-order valence-electron chi connectivity index (χ4n) is 1.92. The molecule has 2 unspecified atom stereocenters. The smallest absolute Gasteiger partial charge is 0.238 e. The SMILES string of the molecule is CCC(C)C(CO)c1ccccc1S(N)(=O)=O. The summed E-state index contributed by atoms with van der Waals surface area (Å²) in [5.41, 5.74) is 0.604. The van der Waals surface area contributed by atoms with Gasteiger partial charge >= 0.3 is 0 Å². The van der Waals surface area contributed by atoms with Crippen molar-refractivity contribution in [1.82, 2.24) is 0 Å². The monoisotopic (exact) mass is 257 g/mol. The Kier molecular flexibility index (Phi) is 4.68. The number of sulfonamides is 1. The minimum Gasteiger partial charge on any atom is -0.396 e. The lowest BCUT2D eigenvalue weighted by Gasteiger charge is -2.23. The van der Waals surface area contributed by atoms with E-state index in [0.29, 0.717) is 5.56 Å². The van der Waals surface area contributed by atoms with Crippen molar-refractivity contribution in [3.8, 4) is 0 Å². The molecule has 0 radical (unpaired) electrons. The molecule has 0 fully saturated rings. The van der Waals surface area contributed by atoms with Gasteiger partial charge in [0.25, 0.3) is 0 Å². The van der Waals surface area contributed by atoms with Gasteiger partial charge in [-0.1, -0.05) is 38.5 Å². The number of benzene rings is 1. The van der Waals surface area contributed by atoms with Crippen LogP contribution in [0.1, 0.15) is 31.7 Å². The van der Waals surface area contributed by atoms with Crippen LogP contribution < -0.4 is 5.14 Å². The van der Waals surface area contributed by atoms with Crippen LogP contribution in [0.2, 0.25) is 0 Å². The second-order valence-electron chi connectivity index (χ2n) is 4.26. The fourth-order valence-corrected chi connectivity index (χ4v) is 2.73. The number of primary sulfonamides is 1. The summed E-state index contributed by atoms with van der Waals surface area (Å²) >= 11 is 0. The van der Waals surface area contributed by atoms with Crippen molar-refractivity contribution in [1.29, 1.82) is 0 Å². The van der Waals surface area contributed by atoms with Crippen LogP contribution in [0.5, 0.6) is 0 Å². The Morgan fingerprint density at radius 2 is 1.94 bits per heavy atom. The topological polar surface area (TPSA) is 80.4 Å². The first kappa shape index (κ1) is 14.2. The first-order chi connectivity index (χ1) is 7.91. The molecule has 3 N–H and O–H groups in total. The molecular formula is C12H19NO3S. The molecule has 1 rings (SSSR count). The zero-order valence-electron chi connectivity index (χ0n) is 10.1. The molecule has 0 amide bonds. The Morgan fingerprint density at radius 1 is 1.35 bits per heavy atom. The minimum atomic E-state index is -3.74. The van der Waals surface area contributed by atoms with Gasteiger partial charge in [-0.25, -0.2) is 13.6 Å². The number of hydrogen-bond donors (Lipinski definition) is 2. The average molecular weight is 257 g/mol. The van der Waals surface area contributed by atoms with E-state index >= 15 is 0 Å². The van der Waals surface area contributed by atoms with Gasteiger partial charge in [0.2, 0.25) is 10.0 Å². The van der Waals surface area contributed by atoms with E-state index in [4.69, 9.17) is 5.14 Å². The van der Waals surface area contributed by atoms with Gasteiger partial charge in [-0.05, 0) is 17.5 Å². The second kappa shape index (κ2) is 5.62. The highest BCUT2D eigenvalue weighted by Crippen LogP contribution is 2.30. The maximum absolute atomic E-state index is 11.5. The molecule has 0 aliphatic rings. The first-order valence-electron chi connectivity index (χ1n) is 5.64. The molecule has 4 nitrogen and oxygen atoms in total. The van der Waals surface area contributed by atoms with Crippen LogP contribution in [-0.2, 0) is 10.0 Å². The van der Waals surface area contributed by atoms with Crippen molar-refractivity contribution in [3.63, 3.8) is 0 Å². The molecule has 0 saturated carbocycles. The van der Waals surface area contributed by atoms with Crippen molar-refractivity contribution >= 4 is 10.0 Å². The molecule has 2 atom stereocenters. The molecule has 0 bridgehead atoms. The van der Waals surface area contributed by atoms with Crippen LogP contribution in [-0.4, -0.2) is 20.1 Å². The van der Waals surface area contributed by atoms with Gasteiger partial charge in [0.1, 0.15) is 0 Å². The van der Waals surface area contributed by atoms with Gasteiger partial charge < -0.3 is 5.11 Å². The summed E-state index contributed by atoms with van der Waals surface area (Å²) in [6.07, 6.45) is 0.865. The molecule has 0 aliphatic heterocycles. The van der Waals surface area contributed by atoms with E-state index in [-0.39, 0.29) is 23.3 Å².